The van der Waals surface area contributed by atoms with Gasteiger partial charge in [-0.05, 0) is 51.8 Å². The number of aryl methyl sites for hydroxylation is 1. The zero-order valence-electron chi connectivity index (χ0n) is 11.5. The van der Waals surface area contributed by atoms with Crippen molar-refractivity contribution >= 4 is 17.5 Å². The molecule has 0 saturated heterocycles. The van der Waals surface area contributed by atoms with E-state index in [0.29, 0.717) is 5.69 Å². The van der Waals surface area contributed by atoms with Crippen molar-refractivity contribution < 1.29 is 9.59 Å². The maximum absolute atomic E-state index is 11.7. The lowest BCUT2D eigenvalue weighted by Gasteiger charge is -2.20. The van der Waals surface area contributed by atoms with Gasteiger partial charge in [0.05, 0.1) is 0 Å². The van der Waals surface area contributed by atoms with Crippen molar-refractivity contribution in [2.45, 2.75) is 40.2 Å². The fraction of sp³-hybridized carbons (Fsp3) is 0.429. The lowest BCUT2D eigenvalue weighted by atomic mass is 10.1. The van der Waals surface area contributed by atoms with Crippen LogP contribution < -0.4 is 10.6 Å². The largest absolute Gasteiger partial charge is 0.343 e. The van der Waals surface area contributed by atoms with Crippen LogP contribution in [0.1, 0.15) is 31.9 Å². The lowest BCUT2D eigenvalue weighted by Crippen LogP contribution is -2.46. The standard InChI is InChI=1S/C14H20N2O2/c1-9-7-6-8-11(10(9)2)15-12(17)13(18)16-14(3,4)5/h6-8H,1-5H3,(H,15,17)(H,16,18). The molecule has 0 bridgehead atoms. The summed E-state index contributed by atoms with van der Waals surface area (Å²) in [6.45, 7) is 9.36. The van der Waals surface area contributed by atoms with Gasteiger partial charge in [-0.1, -0.05) is 12.1 Å². The Balaban J connectivity index is 2.76. The van der Waals surface area contributed by atoms with Gasteiger partial charge in [0.25, 0.3) is 0 Å². The highest BCUT2D eigenvalue weighted by molar-refractivity contribution is 6.39. The Morgan fingerprint density at radius 2 is 1.67 bits per heavy atom. The van der Waals surface area contributed by atoms with Crippen molar-refractivity contribution in [3.8, 4) is 0 Å². The van der Waals surface area contributed by atoms with Crippen LogP contribution in [0.5, 0.6) is 0 Å². The van der Waals surface area contributed by atoms with Crippen molar-refractivity contribution in [3.63, 3.8) is 0 Å². The van der Waals surface area contributed by atoms with E-state index >= 15 is 0 Å². The topological polar surface area (TPSA) is 58.2 Å². The van der Waals surface area contributed by atoms with E-state index in [0.717, 1.165) is 11.1 Å². The van der Waals surface area contributed by atoms with E-state index in [9.17, 15) is 9.59 Å². The van der Waals surface area contributed by atoms with E-state index < -0.39 is 17.4 Å². The van der Waals surface area contributed by atoms with Gasteiger partial charge in [-0.15, -0.1) is 0 Å². The lowest BCUT2D eigenvalue weighted by molar-refractivity contribution is -0.137. The molecule has 1 aromatic rings. The smallest absolute Gasteiger partial charge is 0.313 e. The van der Waals surface area contributed by atoms with Gasteiger partial charge in [-0.2, -0.15) is 0 Å². The second-order valence-corrected chi connectivity index (χ2v) is 5.41. The van der Waals surface area contributed by atoms with Crippen LogP contribution >= 0.6 is 0 Å². The first-order valence-corrected chi connectivity index (χ1v) is 5.90. The molecule has 1 rings (SSSR count). The Hall–Kier alpha value is -1.84. The van der Waals surface area contributed by atoms with Gasteiger partial charge in [0, 0.05) is 11.2 Å². The first-order chi connectivity index (χ1) is 8.20. The number of nitrogens with one attached hydrogen (secondary N) is 2. The molecule has 2 amide bonds. The highest BCUT2D eigenvalue weighted by atomic mass is 16.2. The van der Waals surface area contributed by atoms with E-state index in [1.54, 1.807) is 6.07 Å². The van der Waals surface area contributed by atoms with Crippen LogP contribution in [0.15, 0.2) is 18.2 Å². The summed E-state index contributed by atoms with van der Waals surface area (Å²) in [4.78, 5) is 23.4. The molecule has 4 heteroatoms. The molecule has 4 nitrogen and oxygen atoms in total. The van der Waals surface area contributed by atoms with E-state index in [4.69, 9.17) is 0 Å². The second-order valence-electron chi connectivity index (χ2n) is 5.41. The molecule has 0 spiro atoms. The molecule has 0 aliphatic carbocycles. The second kappa shape index (κ2) is 5.21. The average Bonchev–Trinajstić information content (AvgIpc) is 2.22. The molecular formula is C14H20N2O2. The van der Waals surface area contributed by atoms with E-state index in [-0.39, 0.29) is 0 Å². The fourth-order valence-corrected chi connectivity index (χ4v) is 1.46. The summed E-state index contributed by atoms with van der Waals surface area (Å²) in [5.74, 6) is -1.26. The summed E-state index contributed by atoms with van der Waals surface area (Å²) in [5.41, 5.74) is 2.29. The molecule has 0 unspecified atom stereocenters. The number of hydrogen-bond donors (Lipinski definition) is 2. The third-order valence-corrected chi connectivity index (χ3v) is 2.55. The van der Waals surface area contributed by atoms with Gasteiger partial charge in [0.15, 0.2) is 0 Å². The van der Waals surface area contributed by atoms with Crippen molar-refractivity contribution in [1.82, 2.24) is 5.32 Å². The number of anilines is 1. The number of hydrogen-bond acceptors (Lipinski definition) is 2. The molecule has 1 aromatic carbocycles. The predicted molar refractivity (Wildman–Crippen MR) is 72.4 cm³/mol. The van der Waals surface area contributed by atoms with Crippen LogP contribution in [0.25, 0.3) is 0 Å². The number of carbonyl (C=O) groups is 2. The summed E-state index contributed by atoms with van der Waals surface area (Å²) in [7, 11) is 0. The molecule has 0 radical (unpaired) electrons. The SMILES string of the molecule is Cc1cccc(NC(=O)C(=O)NC(C)(C)C)c1C. The highest BCUT2D eigenvalue weighted by Crippen LogP contribution is 2.17. The number of rotatable bonds is 1. The summed E-state index contributed by atoms with van der Waals surface area (Å²) >= 11 is 0. The van der Waals surface area contributed by atoms with Gasteiger partial charge in [-0.3, -0.25) is 9.59 Å². The number of benzene rings is 1. The number of amides is 2. The molecule has 0 aromatic heterocycles. The average molecular weight is 248 g/mol. The monoisotopic (exact) mass is 248 g/mol. The van der Waals surface area contributed by atoms with E-state index in [1.807, 2.05) is 46.8 Å². The highest BCUT2D eigenvalue weighted by Gasteiger charge is 2.20. The van der Waals surface area contributed by atoms with Gasteiger partial charge < -0.3 is 10.6 Å². The first kappa shape index (κ1) is 14.2. The van der Waals surface area contributed by atoms with E-state index in [1.165, 1.54) is 0 Å². The molecule has 0 heterocycles. The van der Waals surface area contributed by atoms with Crippen LogP contribution in [0.4, 0.5) is 5.69 Å². The minimum atomic E-state index is -0.640. The molecule has 0 aliphatic heterocycles. The molecule has 0 saturated carbocycles. The zero-order chi connectivity index (χ0) is 13.9. The molecular weight excluding hydrogens is 228 g/mol. The number of carbonyl (C=O) groups excluding carboxylic acids is 2. The van der Waals surface area contributed by atoms with Crippen LogP contribution in [0, 0.1) is 13.8 Å². The van der Waals surface area contributed by atoms with Crippen molar-refractivity contribution in [1.29, 1.82) is 0 Å². The minimum absolute atomic E-state index is 0.421. The predicted octanol–water partition coefficient (Wildman–Crippen LogP) is 2.16. The summed E-state index contributed by atoms with van der Waals surface area (Å²) in [5, 5.41) is 5.24. The Kier molecular flexibility index (Phi) is 4.11. The first-order valence-electron chi connectivity index (χ1n) is 5.90. The molecule has 98 valence electrons. The molecule has 2 N–H and O–H groups in total. The minimum Gasteiger partial charge on any atom is -0.343 e. The van der Waals surface area contributed by atoms with Crippen LogP contribution in [0.3, 0.4) is 0 Å². The molecule has 18 heavy (non-hydrogen) atoms. The molecule has 0 atom stereocenters. The third-order valence-electron chi connectivity index (χ3n) is 2.55. The van der Waals surface area contributed by atoms with Gasteiger partial charge in [-0.25, -0.2) is 0 Å². The normalized spacial score (nSPS) is 10.9. The molecule has 0 aliphatic rings. The Morgan fingerprint density at radius 3 is 2.22 bits per heavy atom. The van der Waals surface area contributed by atoms with Gasteiger partial charge in [0.2, 0.25) is 0 Å². The van der Waals surface area contributed by atoms with E-state index in [2.05, 4.69) is 10.6 Å². The van der Waals surface area contributed by atoms with Crippen molar-refractivity contribution in [2.75, 3.05) is 5.32 Å². The van der Waals surface area contributed by atoms with Crippen LogP contribution in [-0.4, -0.2) is 17.4 Å². The third kappa shape index (κ3) is 3.87. The Labute approximate surface area is 108 Å². The van der Waals surface area contributed by atoms with Gasteiger partial charge >= 0.3 is 11.8 Å². The quantitative estimate of drug-likeness (QED) is 0.748. The zero-order valence-corrected chi connectivity index (χ0v) is 11.5. The maximum atomic E-state index is 11.7. The van der Waals surface area contributed by atoms with Crippen LogP contribution in [0.2, 0.25) is 0 Å². The molecule has 0 fully saturated rings. The Bertz CT molecular complexity index is 473. The summed E-state index contributed by atoms with van der Waals surface area (Å²) in [6.07, 6.45) is 0. The van der Waals surface area contributed by atoms with Crippen LogP contribution in [-0.2, 0) is 9.59 Å². The summed E-state index contributed by atoms with van der Waals surface area (Å²) in [6, 6.07) is 5.59. The van der Waals surface area contributed by atoms with Crippen molar-refractivity contribution in [3.05, 3.63) is 29.3 Å². The van der Waals surface area contributed by atoms with Gasteiger partial charge in [0.1, 0.15) is 0 Å². The summed E-state index contributed by atoms with van der Waals surface area (Å²) < 4.78 is 0. The Morgan fingerprint density at radius 1 is 1.06 bits per heavy atom. The fourth-order valence-electron chi connectivity index (χ4n) is 1.46. The maximum Gasteiger partial charge on any atom is 0.313 e. The van der Waals surface area contributed by atoms with Crippen molar-refractivity contribution in [2.24, 2.45) is 0 Å².